The smallest absolute Gasteiger partial charge is 0.282 e. The van der Waals surface area contributed by atoms with E-state index in [4.69, 9.17) is 16.9 Å². The van der Waals surface area contributed by atoms with Crippen LogP contribution in [0.25, 0.3) is 0 Å². The lowest BCUT2D eigenvalue weighted by molar-refractivity contribution is -0.135. The molecule has 0 spiro atoms. The summed E-state index contributed by atoms with van der Waals surface area (Å²) < 4.78 is 26.4. The topological polar surface area (TPSA) is 136 Å². The zero-order valence-electron chi connectivity index (χ0n) is 17.2. The molecule has 10 heteroatoms. The molecule has 2 heterocycles. The molecule has 0 saturated carbocycles. The first kappa shape index (κ1) is 21.8. The van der Waals surface area contributed by atoms with E-state index >= 15 is 0 Å². The van der Waals surface area contributed by atoms with Crippen LogP contribution in [-0.4, -0.2) is 47.6 Å². The lowest BCUT2D eigenvalue weighted by atomic mass is 10.1. The molecule has 0 aliphatic carbocycles. The minimum absolute atomic E-state index is 0.0945. The fourth-order valence-electron chi connectivity index (χ4n) is 4.42. The second-order valence-electron chi connectivity index (χ2n) is 8.36. The molecule has 168 valence electrons. The molecule has 5 N–H and O–H groups in total. The van der Waals surface area contributed by atoms with Crippen LogP contribution in [0.4, 0.5) is 14.5 Å². The molecule has 0 aromatic heterocycles. The molecule has 2 aromatic rings. The molecule has 2 aliphatic rings. The minimum Gasteiger partial charge on any atom is -0.627 e. The van der Waals surface area contributed by atoms with E-state index in [9.17, 15) is 23.6 Å². The van der Waals surface area contributed by atoms with Gasteiger partial charge in [-0.25, -0.2) is 8.78 Å². The van der Waals surface area contributed by atoms with Gasteiger partial charge >= 0.3 is 0 Å². The van der Waals surface area contributed by atoms with Crippen molar-refractivity contribution in [3.05, 3.63) is 69.9 Å². The van der Waals surface area contributed by atoms with E-state index in [1.165, 1.54) is 18.2 Å². The maximum absolute atomic E-state index is 14.3. The molecule has 8 nitrogen and oxygen atoms in total. The maximum atomic E-state index is 14.3. The van der Waals surface area contributed by atoms with Crippen LogP contribution in [-0.2, 0) is 17.8 Å². The number of carbonyl (C=O) groups excluding carboxylic acids is 2. The van der Waals surface area contributed by atoms with Crippen molar-refractivity contribution in [2.45, 2.75) is 31.4 Å². The highest BCUT2D eigenvalue weighted by Crippen LogP contribution is 2.42. The first-order valence-corrected chi connectivity index (χ1v) is 10.1. The quantitative estimate of drug-likeness (QED) is 0.281. The molecule has 2 atom stereocenters. The number of nitrogens with two attached hydrogens (primary N) is 2. The van der Waals surface area contributed by atoms with Gasteiger partial charge in [-0.2, -0.15) is 0 Å². The number of halogens is 2. The zero-order chi connectivity index (χ0) is 23.3. The molecule has 32 heavy (non-hydrogen) atoms. The number of benzene rings is 2. The fourth-order valence-corrected chi connectivity index (χ4v) is 4.42. The van der Waals surface area contributed by atoms with E-state index in [-0.39, 0.29) is 36.6 Å². The van der Waals surface area contributed by atoms with Crippen LogP contribution in [0, 0.1) is 10.6 Å². The van der Waals surface area contributed by atoms with Crippen molar-refractivity contribution in [2.24, 2.45) is 11.5 Å². The summed E-state index contributed by atoms with van der Waals surface area (Å²) in [4.78, 5) is 25.6. The lowest BCUT2D eigenvalue weighted by Crippen LogP contribution is -2.56. The van der Waals surface area contributed by atoms with E-state index in [0.29, 0.717) is 16.7 Å². The standard InChI is InChI=1S/C22H23F2N5O3/c23-22(24)7-8-28(12-22)21(31)18-9-15-5-6-16(19(25)26)10-17(15)29(18,32)11-13-1-3-14(4-2-13)20(27)30/h1-6,10,18H,7-9,11-12H2,(H3,25,26)(H2,27,30). The third kappa shape index (κ3) is 3.82. The molecule has 1 fully saturated rings. The molecule has 2 aromatic carbocycles. The van der Waals surface area contributed by atoms with Crippen molar-refractivity contribution in [3.8, 4) is 0 Å². The predicted octanol–water partition coefficient (Wildman–Crippen LogP) is 1.87. The summed E-state index contributed by atoms with van der Waals surface area (Å²) in [5, 5.41) is 22.0. The Morgan fingerprint density at radius 2 is 1.81 bits per heavy atom. The molecule has 1 saturated heterocycles. The molecule has 2 amide bonds. The predicted molar refractivity (Wildman–Crippen MR) is 115 cm³/mol. The van der Waals surface area contributed by atoms with Gasteiger partial charge in [-0.3, -0.25) is 15.0 Å². The number of likely N-dealkylation sites (tertiary alicyclic amines) is 1. The number of quaternary nitrogens is 1. The Morgan fingerprint density at radius 3 is 2.38 bits per heavy atom. The first-order valence-electron chi connectivity index (χ1n) is 10.1. The summed E-state index contributed by atoms with van der Waals surface area (Å²) in [5.41, 5.74) is 12.9. The van der Waals surface area contributed by atoms with Crippen LogP contribution in [0.15, 0.2) is 42.5 Å². The monoisotopic (exact) mass is 443 g/mol. The van der Waals surface area contributed by atoms with Gasteiger partial charge in [0.1, 0.15) is 18.1 Å². The fraction of sp³-hybridized carbons (Fsp3) is 0.318. The van der Waals surface area contributed by atoms with Gasteiger partial charge in [0, 0.05) is 47.7 Å². The average molecular weight is 443 g/mol. The molecular weight excluding hydrogens is 420 g/mol. The van der Waals surface area contributed by atoms with E-state index < -0.39 is 41.4 Å². The Morgan fingerprint density at radius 1 is 1.16 bits per heavy atom. The summed E-state index contributed by atoms with van der Waals surface area (Å²) >= 11 is 0. The van der Waals surface area contributed by atoms with Crippen LogP contribution in [0.2, 0.25) is 0 Å². The average Bonchev–Trinajstić information content (AvgIpc) is 3.24. The number of rotatable bonds is 5. The number of hydroxylamine groups is 2. The number of primary amides is 1. The second-order valence-corrected chi connectivity index (χ2v) is 8.36. The summed E-state index contributed by atoms with van der Waals surface area (Å²) in [6.07, 6.45) is -0.336. The van der Waals surface area contributed by atoms with Gasteiger partial charge < -0.3 is 26.2 Å². The number of amides is 2. The molecule has 4 rings (SSSR count). The molecule has 2 unspecified atom stereocenters. The molecule has 2 aliphatic heterocycles. The Bertz CT molecular complexity index is 1110. The third-order valence-electron chi connectivity index (χ3n) is 6.14. The van der Waals surface area contributed by atoms with Crippen LogP contribution in [0.1, 0.15) is 33.5 Å². The van der Waals surface area contributed by atoms with Gasteiger partial charge in [-0.15, -0.1) is 0 Å². The summed E-state index contributed by atoms with van der Waals surface area (Å²) in [7, 11) is 0. The number of amidine groups is 1. The second kappa shape index (κ2) is 7.64. The van der Waals surface area contributed by atoms with E-state index in [1.807, 2.05) is 0 Å². The van der Waals surface area contributed by atoms with Crippen molar-refractivity contribution < 1.29 is 18.4 Å². The number of hydrogen-bond donors (Lipinski definition) is 3. The van der Waals surface area contributed by atoms with Gasteiger partial charge in [-0.05, 0) is 12.1 Å². The van der Waals surface area contributed by atoms with Crippen LogP contribution in [0.3, 0.4) is 0 Å². The van der Waals surface area contributed by atoms with Crippen LogP contribution in [0.5, 0.6) is 0 Å². The van der Waals surface area contributed by atoms with Crippen LogP contribution < -0.4 is 16.1 Å². The van der Waals surface area contributed by atoms with Crippen molar-refractivity contribution in [1.82, 2.24) is 9.55 Å². The Kier molecular flexibility index (Phi) is 5.22. The van der Waals surface area contributed by atoms with Crippen molar-refractivity contribution in [1.29, 1.82) is 5.41 Å². The van der Waals surface area contributed by atoms with E-state index in [2.05, 4.69) is 0 Å². The number of nitrogens with one attached hydrogen (secondary N) is 1. The van der Waals surface area contributed by atoms with Gasteiger partial charge in [0.15, 0.2) is 6.04 Å². The summed E-state index contributed by atoms with van der Waals surface area (Å²) in [6, 6.07) is 9.75. The maximum Gasteiger partial charge on any atom is 0.282 e. The van der Waals surface area contributed by atoms with E-state index in [1.54, 1.807) is 24.3 Å². The number of hydrogen-bond acceptors (Lipinski definition) is 4. The van der Waals surface area contributed by atoms with Gasteiger partial charge in [0.05, 0.1) is 6.54 Å². The highest BCUT2D eigenvalue weighted by molar-refractivity contribution is 5.97. The largest absolute Gasteiger partial charge is 0.627 e. The van der Waals surface area contributed by atoms with Gasteiger partial charge in [-0.1, -0.05) is 24.3 Å². The van der Waals surface area contributed by atoms with E-state index in [0.717, 1.165) is 4.90 Å². The number of nitrogen functional groups attached to an aromatic ring is 1. The van der Waals surface area contributed by atoms with Gasteiger partial charge in [0.25, 0.3) is 11.8 Å². The highest BCUT2D eigenvalue weighted by Gasteiger charge is 2.50. The Labute approximate surface area is 183 Å². The van der Waals surface area contributed by atoms with Crippen molar-refractivity contribution in [3.63, 3.8) is 0 Å². The Balaban J connectivity index is 1.73. The lowest BCUT2D eigenvalue weighted by Gasteiger charge is -2.44. The summed E-state index contributed by atoms with van der Waals surface area (Å²) in [6.45, 7) is -0.969. The number of carbonyl (C=O) groups is 2. The SMILES string of the molecule is N=C(N)c1ccc2c(c1)[N+]([O-])(Cc1ccc(C(N)=O)cc1)C(C(=O)N1CCC(F)(F)C1)C2. The molecular formula is C22H23F2N5O3. The Hall–Kier alpha value is -3.37. The molecule has 0 radical (unpaired) electrons. The third-order valence-corrected chi connectivity index (χ3v) is 6.14. The van der Waals surface area contributed by atoms with Crippen LogP contribution >= 0.6 is 0 Å². The zero-order valence-corrected chi connectivity index (χ0v) is 17.2. The van der Waals surface area contributed by atoms with Crippen molar-refractivity contribution in [2.75, 3.05) is 13.1 Å². The normalized spacial score (nSPS) is 23.7. The van der Waals surface area contributed by atoms with Crippen molar-refractivity contribution >= 4 is 23.3 Å². The number of alkyl halides is 2. The number of nitrogens with zero attached hydrogens (tertiary/aromatic N) is 2. The summed E-state index contributed by atoms with van der Waals surface area (Å²) in [5.74, 6) is -4.42. The minimum atomic E-state index is -2.97. The van der Waals surface area contributed by atoms with Gasteiger partial charge in [0.2, 0.25) is 5.91 Å². The first-order chi connectivity index (χ1) is 15.0. The number of fused-ring (bicyclic) bond motifs is 1. The molecule has 0 bridgehead atoms. The highest BCUT2D eigenvalue weighted by atomic mass is 19.3.